The van der Waals surface area contributed by atoms with Crippen LogP contribution in [0, 0.1) is 36.9 Å². The molecule has 0 bridgehead atoms. The Bertz CT molecular complexity index is 463. The molecule has 231 valence electrons. The maximum atomic E-state index is 10.3. The molecule has 12 nitrogen and oxygen atoms in total. The minimum Gasteiger partial charge on any atom is -0.480 e. The number of aliphatic carboxylic acids is 3. The third kappa shape index (κ3) is 37.6. The molecule has 0 spiro atoms. The van der Waals surface area contributed by atoms with E-state index in [9.17, 15) is 14.4 Å². The fraction of sp³-hybridized carbons (Fsp3) is 0.875. The molecule has 15 N–H and O–H groups in total. The van der Waals surface area contributed by atoms with Crippen molar-refractivity contribution < 1.29 is 66.6 Å². The van der Waals surface area contributed by atoms with E-state index in [2.05, 4.69) is 0 Å². The molecule has 0 aliphatic heterocycles. The number of carboxylic acid groups (broad SMARTS) is 3. The molecule has 0 aliphatic rings. The summed E-state index contributed by atoms with van der Waals surface area (Å²) in [5.74, 6) is -2.73. The Labute approximate surface area is 251 Å². The van der Waals surface area contributed by atoms with E-state index in [1.165, 1.54) is 0 Å². The van der Waals surface area contributed by atoms with E-state index in [1.54, 1.807) is 0 Å². The van der Waals surface area contributed by atoms with Gasteiger partial charge in [-0.05, 0) is 58.2 Å². The zero-order chi connectivity index (χ0) is 28.2. The van der Waals surface area contributed by atoms with E-state index in [0.717, 1.165) is 77.0 Å². The van der Waals surface area contributed by atoms with Gasteiger partial charge in [0.05, 0.1) is 0 Å². The second kappa shape index (κ2) is 33.4. The van der Waals surface area contributed by atoms with Gasteiger partial charge in [-0.25, -0.2) is 0 Å². The second-order valence-corrected chi connectivity index (χ2v) is 8.81. The van der Waals surface area contributed by atoms with Crippen molar-refractivity contribution in [1.82, 2.24) is 0 Å². The summed E-state index contributed by atoms with van der Waals surface area (Å²) in [6, 6.07) is -2.08. The SMILES string of the molecule is NCCCCCCC(N)C(=O)O.NCCCCCCC(N)C(=O)O.NCCCCCCC(N)C(=O)O.[Lu]. The summed E-state index contributed by atoms with van der Waals surface area (Å²) >= 11 is 0. The molecule has 0 heterocycles. The molecule has 0 amide bonds. The first-order valence-corrected chi connectivity index (χ1v) is 13.1. The first-order chi connectivity index (χ1) is 17.0. The summed E-state index contributed by atoms with van der Waals surface area (Å²) in [6.45, 7) is 2.14. The Hall–Kier alpha value is -0.596. The first kappa shape index (κ1) is 43.5. The van der Waals surface area contributed by atoms with Crippen molar-refractivity contribution in [2.75, 3.05) is 19.6 Å². The van der Waals surface area contributed by atoms with E-state index in [4.69, 9.17) is 49.7 Å². The quantitative estimate of drug-likeness (QED) is 0.0758. The first-order valence-electron chi connectivity index (χ1n) is 13.1. The minimum absolute atomic E-state index is 0. The number of hydrogen-bond donors (Lipinski definition) is 9. The summed E-state index contributed by atoms with van der Waals surface area (Å²) in [7, 11) is 0. The Morgan fingerprint density at radius 2 is 0.622 bits per heavy atom. The second-order valence-electron chi connectivity index (χ2n) is 8.81. The Morgan fingerprint density at radius 1 is 0.432 bits per heavy atom. The molecule has 0 rings (SSSR count). The van der Waals surface area contributed by atoms with Crippen LogP contribution in [0.3, 0.4) is 0 Å². The molecule has 0 aromatic carbocycles. The van der Waals surface area contributed by atoms with Gasteiger partial charge in [-0.3, -0.25) is 14.4 Å². The predicted octanol–water partition coefficient (Wildman–Crippen LogP) is 0.923. The summed E-state index contributed by atoms with van der Waals surface area (Å²) in [4.78, 5) is 30.8. The van der Waals surface area contributed by atoms with Crippen LogP contribution in [0.5, 0.6) is 0 Å². The summed E-state index contributed by atoms with van der Waals surface area (Å²) < 4.78 is 0. The molecule has 13 heteroatoms. The molecule has 0 aliphatic carbocycles. The number of rotatable bonds is 21. The van der Waals surface area contributed by atoms with Crippen LogP contribution in [0.4, 0.5) is 0 Å². The van der Waals surface area contributed by atoms with Gasteiger partial charge in [0.25, 0.3) is 0 Å². The maximum Gasteiger partial charge on any atom is 0.320 e. The molecule has 1 radical (unpaired) electrons. The van der Waals surface area contributed by atoms with Crippen molar-refractivity contribution in [2.45, 2.75) is 114 Å². The number of hydrogen-bond acceptors (Lipinski definition) is 9. The summed E-state index contributed by atoms with van der Waals surface area (Å²) in [6.07, 6.45) is 13.7. The van der Waals surface area contributed by atoms with Gasteiger partial charge in [-0.2, -0.15) is 0 Å². The third-order valence-electron chi connectivity index (χ3n) is 5.36. The molecular formula is C24H54LuN6O6. The Kier molecular flexibility index (Phi) is 39.3. The van der Waals surface area contributed by atoms with Gasteiger partial charge < -0.3 is 49.7 Å². The van der Waals surface area contributed by atoms with Crippen molar-refractivity contribution in [2.24, 2.45) is 34.4 Å². The number of carbonyl (C=O) groups is 3. The van der Waals surface area contributed by atoms with Crippen LogP contribution in [0.15, 0.2) is 0 Å². The van der Waals surface area contributed by atoms with E-state index in [-0.39, 0.29) is 36.9 Å². The van der Waals surface area contributed by atoms with Crippen molar-refractivity contribution >= 4 is 17.9 Å². The molecule has 3 unspecified atom stereocenters. The van der Waals surface area contributed by atoms with Crippen LogP contribution in [0.1, 0.15) is 96.3 Å². The fourth-order valence-electron chi connectivity index (χ4n) is 2.96. The van der Waals surface area contributed by atoms with Gasteiger partial charge >= 0.3 is 17.9 Å². The molecule has 0 saturated carbocycles. The number of unbranched alkanes of at least 4 members (excludes halogenated alkanes) is 9. The van der Waals surface area contributed by atoms with Gasteiger partial charge in [-0.1, -0.05) is 57.8 Å². The summed E-state index contributed by atoms with van der Waals surface area (Å²) in [5.41, 5.74) is 31.8. The van der Waals surface area contributed by atoms with Gasteiger partial charge in [0.2, 0.25) is 0 Å². The number of nitrogens with two attached hydrogens (primary N) is 6. The van der Waals surface area contributed by atoms with Crippen LogP contribution in [-0.4, -0.2) is 71.0 Å². The van der Waals surface area contributed by atoms with Crippen molar-refractivity contribution in [3.63, 3.8) is 0 Å². The molecule has 0 aromatic rings. The van der Waals surface area contributed by atoms with Crippen molar-refractivity contribution in [1.29, 1.82) is 0 Å². The van der Waals surface area contributed by atoms with Crippen LogP contribution in [-0.2, 0) is 14.4 Å². The topological polar surface area (TPSA) is 268 Å². The Morgan fingerprint density at radius 3 is 0.784 bits per heavy atom. The van der Waals surface area contributed by atoms with Crippen molar-refractivity contribution in [3.8, 4) is 0 Å². The predicted molar refractivity (Wildman–Crippen MR) is 143 cm³/mol. The number of carboxylic acids is 3. The molecule has 37 heavy (non-hydrogen) atoms. The van der Waals surface area contributed by atoms with E-state index in [1.807, 2.05) is 0 Å². The van der Waals surface area contributed by atoms with Crippen LogP contribution < -0.4 is 34.4 Å². The van der Waals surface area contributed by atoms with E-state index < -0.39 is 36.0 Å². The largest absolute Gasteiger partial charge is 0.480 e. The minimum atomic E-state index is -0.908. The van der Waals surface area contributed by atoms with Crippen molar-refractivity contribution in [3.05, 3.63) is 0 Å². The van der Waals surface area contributed by atoms with Gasteiger partial charge in [0.15, 0.2) is 0 Å². The maximum absolute atomic E-state index is 10.3. The van der Waals surface area contributed by atoms with Crippen LogP contribution in [0.25, 0.3) is 0 Å². The zero-order valence-electron chi connectivity index (χ0n) is 22.2. The monoisotopic (exact) mass is 697 g/mol. The molecule has 3 atom stereocenters. The van der Waals surface area contributed by atoms with E-state index in [0.29, 0.717) is 38.9 Å². The normalized spacial score (nSPS) is 12.5. The average Bonchev–Trinajstić information content (AvgIpc) is 2.83. The molecule has 0 fully saturated rings. The fourth-order valence-corrected chi connectivity index (χ4v) is 2.96. The molecular weight excluding hydrogens is 643 g/mol. The van der Waals surface area contributed by atoms with Gasteiger partial charge in [0.1, 0.15) is 18.1 Å². The molecule has 0 aromatic heterocycles. The standard InChI is InChI=1S/3C8H18N2O2.Lu/c3*9-6-4-2-1-3-5-7(10)8(11)12;/h3*7H,1-6,9-10H2,(H,11,12);. The third-order valence-corrected chi connectivity index (χ3v) is 5.36. The smallest absolute Gasteiger partial charge is 0.320 e. The van der Waals surface area contributed by atoms with Crippen LogP contribution >= 0.6 is 0 Å². The average molecular weight is 698 g/mol. The van der Waals surface area contributed by atoms with Gasteiger partial charge in [-0.15, -0.1) is 0 Å². The van der Waals surface area contributed by atoms with Gasteiger partial charge in [0, 0.05) is 36.9 Å². The zero-order valence-corrected chi connectivity index (χ0v) is 23.9. The Balaban J connectivity index is -0.000000218. The van der Waals surface area contributed by atoms with E-state index >= 15 is 0 Å². The molecule has 0 saturated heterocycles. The summed E-state index contributed by atoms with van der Waals surface area (Å²) in [5, 5.41) is 25.3. The van der Waals surface area contributed by atoms with Crippen LogP contribution in [0.2, 0.25) is 0 Å².